The van der Waals surface area contributed by atoms with Gasteiger partial charge in [-0.2, -0.15) is 0 Å². The van der Waals surface area contributed by atoms with Gasteiger partial charge in [-0.15, -0.1) is 37.0 Å². The lowest BCUT2D eigenvalue weighted by Crippen LogP contribution is -2.24. The van der Waals surface area contributed by atoms with Gasteiger partial charge in [-0.05, 0) is 70.0 Å². The molecular formula is C30H42N2O4. The highest BCUT2D eigenvalue weighted by molar-refractivity contribution is 5.95. The molecule has 1 amide bonds. The molecule has 0 unspecified atom stereocenters. The van der Waals surface area contributed by atoms with Crippen molar-refractivity contribution in [2.45, 2.75) is 77.0 Å². The van der Waals surface area contributed by atoms with E-state index in [1.807, 2.05) is 0 Å². The highest BCUT2D eigenvalue weighted by Crippen LogP contribution is 2.39. The van der Waals surface area contributed by atoms with Gasteiger partial charge in [0, 0.05) is 31.4 Å². The summed E-state index contributed by atoms with van der Waals surface area (Å²) in [5, 5.41) is 2.97. The number of nitrogens with two attached hydrogens (primary N) is 1. The number of amides is 1. The fourth-order valence-electron chi connectivity index (χ4n) is 3.34. The number of benzene rings is 1. The van der Waals surface area contributed by atoms with Gasteiger partial charge in [-0.1, -0.05) is 6.42 Å². The summed E-state index contributed by atoms with van der Waals surface area (Å²) in [6.45, 7) is 2.62. The molecule has 1 aromatic carbocycles. The van der Waals surface area contributed by atoms with E-state index >= 15 is 0 Å². The molecule has 0 fully saturated rings. The van der Waals surface area contributed by atoms with Gasteiger partial charge in [0.2, 0.25) is 5.75 Å². The number of nitrogens with one attached hydrogen (secondary N) is 1. The first-order chi connectivity index (χ1) is 17.7. The van der Waals surface area contributed by atoms with Crippen LogP contribution in [-0.2, 0) is 0 Å². The van der Waals surface area contributed by atoms with Gasteiger partial charge in [-0.25, -0.2) is 0 Å². The molecule has 6 nitrogen and oxygen atoms in total. The monoisotopic (exact) mass is 494 g/mol. The van der Waals surface area contributed by atoms with Crippen molar-refractivity contribution in [3.63, 3.8) is 0 Å². The number of ether oxygens (including phenoxy) is 3. The third-order valence-corrected chi connectivity index (χ3v) is 5.36. The second-order valence-corrected chi connectivity index (χ2v) is 8.44. The molecule has 0 heterocycles. The molecule has 0 atom stereocenters. The van der Waals surface area contributed by atoms with E-state index in [9.17, 15) is 4.79 Å². The molecular weight excluding hydrogens is 452 g/mol. The summed E-state index contributed by atoms with van der Waals surface area (Å²) in [5.41, 5.74) is 6.01. The Bertz CT molecular complexity index is 831. The number of carbonyl (C=O) groups is 1. The van der Waals surface area contributed by atoms with Crippen molar-refractivity contribution in [1.82, 2.24) is 5.32 Å². The van der Waals surface area contributed by atoms with Crippen LogP contribution in [0.3, 0.4) is 0 Å². The summed E-state index contributed by atoms with van der Waals surface area (Å²) in [6, 6.07) is 3.44. The first-order valence-corrected chi connectivity index (χ1v) is 13.0. The summed E-state index contributed by atoms with van der Waals surface area (Å²) in [7, 11) is 0. The molecule has 0 aliphatic heterocycles. The van der Waals surface area contributed by atoms with Crippen LogP contribution in [-0.4, -0.2) is 38.8 Å². The first kappa shape index (κ1) is 30.8. The highest BCUT2D eigenvalue weighted by Gasteiger charge is 2.19. The predicted molar refractivity (Wildman–Crippen MR) is 146 cm³/mol. The zero-order valence-electron chi connectivity index (χ0n) is 21.6. The molecule has 1 rings (SSSR count). The quantitative estimate of drug-likeness (QED) is 0.184. The molecule has 0 aliphatic carbocycles. The maximum Gasteiger partial charge on any atom is 0.251 e. The van der Waals surface area contributed by atoms with E-state index in [-0.39, 0.29) is 5.91 Å². The van der Waals surface area contributed by atoms with E-state index in [0.717, 1.165) is 57.8 Å². The van der Waals surface area contributed by atoms with Crippen molar-refractivity contribution in [3.8, 4) is 54.3 Å². The molecule has 0 spiro atoms. The van der Waals surface area contributed by atoms with Crippen molar-refractivity contribution in [2.24, 2.45) is 5.73 Å². The van der Waals surface area contributed by atoms with E-state index in [4.69, 9.17) is 39.2 Å². The Balaban J connectivity index is 3.06. The van der Waals surface area contributed by atoms with Crippen molar-refractivity contribution < 1.29 is 19.0 Å². The van der Waals surface area contributed by atoms with Crippen molar-refractivity contribution in [2.75, 3.05) is 32.9 Å². The van der Waals surface area contributed by atoms with Gasteiger partial charge in [-0.3, -0.25) is 4.79 Å². The van der Waals surface area contributed by atoms with Gasteiger partial charge in [0.05, 0.1) is 19.8 Å². The zero-order valence-corrected chi connectivity index (χ0v) is 21.6. The van der Waals surface area contributed by atoms with Crippen LogP contribution in [0.4, 0.5) is 0 Å². The first-order valence-electron chi connectivity index (χ1n) is 13.0. The maximum atomic E-state index is 12.9. The van der Waals surface area contributed by atoms with Gasteiger partial charge in [0.1, 0.15) is 0 Å². The topological polar surface area (TPSA) is 82.8 Å². The lowest BCUT2D eigenvalue weighted by molar-refractivity contribution is 0.0951. The summed E-state index contributed by atoms with van der Waals surface area (Å²) in [5.74, 6) is 9.22. The van der Waals surface area contributed by atoms with Crippen LogP contribution in [0.25, 0.3) is 0 Å². The van der Waals surface area contributed by atoms with Crippen LogP contribution in [0.15, 0.2) is 12.1 Å². The average Bonchev–Trinajstić information content (AvgIpc) is 2.88. The fraction of sp³-hybridized carbons (Fsp3) is 0.567. The van der Waals surface area contributed by atoms with Crippen LogP contribution in [0, 0.1) is 37.0 Å². The van der Waals surface area contributed by atoms with Crippen LogP contribution in [0.2, 0.25) is 0 Å². The number of carbonyl (C=O) groups excluding carboxylic acids is 1. The molecule has 196 valence electrons. The maximum absolute atomic E-state index is 12.9. The van der Waals surface area contributed by atoms with E-state index in [2.05, 4.69) is 23.1 Å². The minimum absolute atomic E-state index is 0.183. The molecule has 0 bridgehead atoms. The summed E-state index contributed by atoms with van der Waals surface area (Å²) in [6.07, 6.45) is 25.9. The molecule has 3 N–H and O–H groups in total. The number of hydrogen-bond acceptors (Lipinski definition) is 5. The molecule has 0 saturated carbocycles. The Labute approximate surface area is 218 Å². The third-order valence-electron chi connectivity index (χ3n) is 5.36. The standard InChI is InChI=1S/C30H42N2O4/c1-4-7-10-16-21-34-27-24-26(30(33)32-20-15-13-14-19-31)25-28(35-22-17-11-8-5-2)29(27)36-23-18-12-9-6-3/h1-3,24-25H,7-23,31H2,(H,32,33). The molecule has 0 radical (unpaired) electrons. The smallest absolute Gasteiger partial charge is 0.251 e. The third kappa shape index (κ3) is 13.6. The highest BCUT2D eigenvalue weighted by atomic mass is 16.5. The summed E-state index contributed by atoms with van der Waals surface area (Å²) < 4.78 is 18.2. The van der Waals surface area contributed by atoms with Crippen molar-refractivity contribution >= 4 is 5.91 Å². The number of unbranched alkanes of at least 4 members (excludes halogenated alkanes) is 8. The van der Waals surface area contributed by atoms with Gasteiger partial charge in [0.25, 0.3) is 5.91 Å². The Morgan fingerprint density at radius 1 is 0.722 bits per heavy atom. The summed E-state index contributed by atoms with van der Waals surface area (Å²) in [4.78, 5) is 12.9. The van der Waals surface area contributed by atoms with Crippen LogP contribution in [0.5, 0.6) is 17.2 Å². The van der Waals surface area contributed by atoms with Crippen molar-refractivity contribution in [1.29, 1.82) is 0 Å². The lowest BCUT2D eigenvalue weighted by atomic mass is 10.1. The average molecular weight is 495 g/mol. The molecule has 1 aromatic rings. The van der Waals surface area contributed by atoms with Gasteiger partial charge in [0.15, 0.2) is 11.5 Å². The second-order valence-electron chi connectivity index (χ2n) is 8.44. The minimum atomic E-state index is -0.183. The second kappa shape index (κ2) is 21.0. The molecule has 36 heavy (non-hydrogen) atoms. The van der Waals surface area contributed by atoms with Crippen LogP contribution >= 0.6 is 0 Å². The SMILES string of the molecule is C#CCCCCOc1cc(C(=O)NCCCCCN)cc(OCCCCC#C)c1OCCCCC#C. The fourth-order valence-corrected chi connectivity index (χ4v) is 3.34. The number of rotatable bonds is 21. The van der Waals surface area contributed by atoms with Crippen LogP contribution < -0.4 is 25.3 Å². The molecule has 6 heteroatoms. The molecule has 0 aliphatic rings. The Morgan fingerprint density at radius 2 is 1.22 bits per heavy atom. The van der Waals surface area contributed by atoms with E-state index in [1.165, 1.54) is 0 Å². The Morgan fingerprint density at radius 3 is 1.69 bits per heavy atom. The minimum Gasteiger partial charge on any atom is -0.490 e. The van der Waals surface area contributed by atoms with E-state index in [0.29, 0.717) is 75.0 Å². The Hall–Kier alpha value is -3.27. The zero-order chi connectivity index (χ0) is 26.3. The largest absolute Gasteiger partial charge is 0.490 e. The van der Waals surface area contributed by atoms with Crippen LogP contribution in [0.1, 0.15) is 87.4 Å². The van der Waals surface area contributed by atoms with E-state index < -0.39 is 0 Å². The van der Waals surface area contributed by atoms with Gasteiger partial charge < -0.3 is 25.3 Å². The molecule has 0 aromatic heterocycles. The number of terminal acetylenes is 3. The summed E-state index contributed by atoms with van der Waals surface area (Å²) >= 11 is 0. The van der Waals surface area contributed by atoms with Crippen molar-refractivity contribution in [3.05, 3.63) is 17.7 Å². The normalized spacial score (nSPS) is 10.1. The molecule has 0 saturated heterocycles. The van der Waals surface area contributed by atoms with E-state index in [1.54, 1.807) is 12.1 Å². The van der Waals surface area contributed by atoms with Gasteiger partial charge >= 0.3 is 0 Å². The lowest BCUT2D eigenvalue weighted by Gasteiger charge is -2.19. The number of hydrogen-bond donors (Lipinski definition) is 2. The predicted octanol–water partition coefficient (Wildman–Crippen LogP) is 5.09. The Kier molecular flexibility index (Phi) is 18.0.